The number of carbonyl (C=O) groups is 5. The lowest BCUT2D eigenvalue weighted by atomic mass is 9.98. The molecular formula is C29H36O17. The van der Waals surface area contributed by atoms with Gasteiger partial charge in [-0.1, -0.05) is 12.1 Å². The first-order chi connectivity index (χ1) is 21.6. The minimum atomic E-state index is -2.49. The number of hydrogen-bond donors (Lipinski definition) is 4. The molecule has 0 radical (unpaired) electrons. The molecule has 0 aromatic heterocycles. The lowest BCUT2D eigenvalue weighted by molar-refractivity contribution is -0.383. The molecule has 2 saturated heterocycles. The Labute approximate surface area is 262 Å². The number of rotatable bonds is 12. The van der Waals surface area contributed by atoms with Gasteiger partial charge in [-0.05, 0) is 23.8 Å². The molecule has 17 nitrogen and oxygen atoms in total. The van der Waals surface area contributed by atoms with Crippen LogP contribution in [-0.4, -0.2) is 125 Å². The fourth-order valence-electron chi connectivity index (χ4n) is 4.72. The van der Waals surface area contributed by atoms with Crippen molar-refractivity contribution in [3.63, 3.8) is 0 Å². The van der Waals surface area contributed by atoms with Crippen LogP contribution in [0.1, 0.15) is 33.3 Å². The van der Waals surface area contributed by atoms with Crippen molar-refractivity contribution in [3.8, 4) is 5.75 Å². The summed E-state index contributed by atoms with van der Waals surface area (Å²) < 4.78 is 42.9. The van der Waals surface area contributed by atoms with Gasteiger partial charge in [0.1, 0.15) is 50.0 Å². The van der Waals surface area contributed by atoms with E-state index in [9.17, 15) is 44.4 Å². The molecule has 254 valence electrons. The van der Waals surface area contributed by atoms with Crippen LogP contribution in [-0.2, 0) is 61.9 Å². The molecule has 46 heavy (non-hydrogen) atoms. The summed E-state index contributed by atoms with van der Waals surface area (Å²) in [5, 5.41) is 42.0. The predicted octanol–water partition coefficient (Wildman–Crippen LogP) is -1.14. The van der Waals surface area contributed by atoms with E-state index in [4.69, 9.17) is 37.9 Å². The maximum absolute atomic E-state index is 12.4. The van der Waals surface area contributed by atoms with Crippen LogP contribution < -0.4 is 0 Å². The lowest BCUT2D eigenvalue weighted by Gasteiger charge is -2.45. The maximum atomic E-state index is 12.4. The van der Waals surface area contributed by atoms with E-state index in [0.717, 1.165) is 33.8 Å². The first kappa shape index (κ1) is 36.3. The third-order valence-corrected chi connectivity index (χ3v) is 6.68. The highest BCUT2D eigenvalue weighted by Gasteiger charge is 2.61. The maximum Gasteiger partial charge on any atom is 0.330 e. The van der Waals surface area contributed by atoms with Crippen LogP contribution in [0.2, 0.25) is 0 Å². The van der Waals surface area contributed by atoms with Crippen molar-refractivity contribution in [1.29, 1.82) is 0 Å². The summed E-state index contributed by atoms with van der Waals surface area (Å²) in [6.45, 7) is 1.85. The Morgan fingerprint density at radius 2 is 1.37 bits per heavy atom. The molecule has 9 atom stereocenters. The molecular weight excluding hydrogens is 620 g/mol. The average molecular weight is 657 g/mol. The fourth-order valence-corrected chi connectivity index (χ4v) is 4.72. The third kappa shape index (κ3) is 9.44. The molecule has 0 spiro atoms. The summed E-state index contributed by atoms with van der Waals surface area (Å²) in [6.07, 6.45) is -10.9. The highest BCUT2D eigenvalue weighted by atomic mass is 16.8. The van der Waals surface area contributed by atoms with E-state index in [-0.39, 0.29) is 5.75 Å². The largest absolute Gasteiger partial charge is 0.508 e. The molecule has 2 fully saturated rings. The van der Waals surface area contributed by atoms with Crippen LogP contribution >= 0.6 is 0 Å². The molecule has 2 aliphatic rings. The number of benzene rings is 1. The van der Waals surface area contributed by atoms with E-state index in [1.807, 2.05) is 0 Å². The van der Waals surface area contributed by atoms with E-state index in [2.05, 4.69) is 0 Å². The molecule has 4 N–H and O–H groups in total. The Bertz CT molecular complexity index is 1280. The van der Waals surface area contributed by atoms with Gasteiger partial charge in [-0.25, -0.2) is 4.79 Å². The molecule has 0 aliphatic carbocycles. The van der Waals surface area contributed by atoms with Crippen LogP contribution in [0.4, 0.5) is 0 Å². The third-order valence-electron chi connectivity index (χ3n) is 6.68. The molecule has 1 aromatic rings. The van der Waals surface area contributed by atoms with E-state index in [0.29, 0.717) is 5.56 Å². The van der Waals surface area contributed by atoms with Gasteiger partial charge in [0.05, 0.1) is 0 Å². The second-order valence-electron chi connectivity index (χ2n) is 10.3. The summed E-state index contributed by atoms with van der Waals surface area (Å²) in [5.41, 5.74) is 0.564. The molecule has 0 bridgehead atoms. The summed E-state index contributed by atoms with van der Waals surface area (Å²) >= 11 is 0. The number of phenolic OH excluding ortho intramolecular Hbond substituents is 1. The number of hydrogen-bond acceptors (Lipinski definition) is 17. The van der Waals surface area contributed by atoms with Crippen molar-refractivity contribution in [2.45, 2.75) is 82.5 Å². The van der Waals surface area contributed by atoms with Crippen molar-refractivity contribution < 1.29 is 82.3 Å². The number of carbonyl (C=O) groups excluding carboxylic acids is 5. The zero-order valence-corrected chi connectivity index (χ0v) is 25.3. The van der Waals surface area contributed by atoms with Gasteiger partial charge in [0.2, 0.25) is 5.79 Å². The Morgan fingerprint density at radius 1 is 0.804 bits per heavy atom. The molecule has 2 heterocycles. The number of esters is 5. The van der Waals surface area contributed by atoms with Crippen LogP contribution in [0.3, 0.4) is 0 Å². The van der Waals surface area contributed by atoms with Crippen molar-refractivity contribution in [2.24, 2.45) is 0 Å². The molecule has 0 amide bonds. The second-order valence-corrected chi connectivity index (χ2v) is 10.3. The Balaban J connectivity index is 1.84. The van der Waals surface area contributed by atoms with E-state index < -0.39 is 104 Å². The van der Waals surface area contributed by atoms with Gasteiger partial charge >= 0.3 is 29.8 Å². The van der Waals surface area contributed by atoms with Crippen molar-refractivity contribution >= 4 is 35.9 Å². The summed E-state index contributed by atoms with van der Waals surface area (Å²) in [4.78, 5) is 59.5. The minimum absolute atomic E-state index is 0.0277. The second kappa shape index (κ2) is 15.9. The molecule has 2 aliphatic heterocycles. The zero-order valence-electron chi connectivity index (χ0n) is 25.3. The van der Waals surface area contributed by atoms with Crippen molar-refractivity contribution in [2.75, 3.05) is 19.8 Å². The summed E-state index contributed by atoms with van der Waals surface area (Å²) in [7, 11) is 0. The summed E-state index contributed by atoms with van der Waals surface area (Å²) in [5.74, 6) is -6.72. The number of aliphatic hydroxyl groups is 3. The van der Waals surface area contributed by atoms with Gasteiger partial charge in [-0.3, -0.25) is 19.2 Å². The van der Waals surface area contributed by atoms with Crippen molar-refractivity contribution in [1.82, 2.24) is 0 Å². The van der Waals surface area contributed by atoms with Crippen LogP contribution in [0.15, 0.2) is 30.3 Å². The normalized spacial score (nSPS) is 30.8. The molecule has 3 rings (SSSR count). The monoisotopic (exact) mass is 656 g/mol. The van der Waals surface area contributed by atoms with E-state index in [1.165, 1.54) is 30.3 Å². The Kier molecular flexibility index (Phi) is 12.6. The molecule has 0 saturated carbocycles. The van der Waals surface area contributed by atoms with Crippen molar-refractivity contribution in [3.05, 3.63) is 35.9 Å². The SMILES string of the molecule is CC(=O)OCC1OC(OC2(CO)OC(COC(=O)C=Cc3ccc(O)cc3)C(OC(C)=O)C2O)C(O)C(OC(C)=O)C1OC(C)=O. The zero-order chi connectivity index (χ0) is 34.2. The predicted molar refractivity (Wildman–Crippen MR) is 148 cm³/mol. The lowest BCUT2D eigenvalue weighted by Crippen LogP contribution is -2.64. The Morgan fingerprint density at radius 3 is 1.93 bits per heavy atom. The number of aromatic hydroxyl groups is 1. The topological polar surface area (TPSA) is 240 Å². The van der Waals surface area contributed by atoms with Crippen LogP contribution in [0.5, 0.6) is 5.75 Å². The number of phenols is 1. The first-order valence-electron chi connectivity index (χ1n) is 13.9. The molecule has 17 heteroatoms. The highest BCUT2D eigenvalue weighted by molar-refractivity contribution is 5.87. The molecule has 9 unspecified atom stereocenters. The van der Waals surface area contributed by atoms with Gasteiger partial charge in [0.25, 0.3) is 0 Å². The highest BCUT2D eigenvalue weighted by Crippen LogP contribution is 2.38. The van der Waals surface area contributed by atoms with E-state index in [1.54, 1.807) is 0 Å². The smallest absolute Gasteiger partial charge is 0.330 e. The molecule has 1 aromatic carbocycles. The first-order valence-corrected chi connectivity index (χ1v) is 13.9. The standard InChI is InChI=1S/C29H36O17/c1-14(31)39-11-20-24(41-15(2)32)26(43-17(4)34)23(37)28(44-20)46-29(13-30)27(38)25(42-16(3)33)21(45-29)12-40-22(36)10-7-18-5-8-19(35)9-6-18/h5-10,20-21,23-28,30,35,37-38H,11-13H2,1-4H3. The van der Waals surface area contributed by atoms with Gasteiger partial charge < -0.3 is 58.3 Å². The number of ether oxygens (including phenoxy) is 8. The van der Waals surface area contributed by atoms with Gasteiger partial charge in [0.15, 0.2) is 24.6 Å². The van der Waals surface area contributed by atoms with Crippen LogP contribution in [0, 0.1) is 0 Å². The van der Waals surface area contributed by atoms with Crippen LogP contribution in [0.25, 0.3) is 6.08 Å². The average Bonchev–Trinajstić information content (AvgIpc) is 3.23. The van der Waals surface area contributed by atoms with E-state index >= 15 is 0 Å². The fraction of sp³-hybridized carbons (Fsp3) is 0.552. The number of aliphatic hydroxyl groups excluding tert-OH is 3. The Hall–Kier alpha value is -4.13. The minimum Gasteiger partial charge on any atom is -0.508 e. The van der Waals surface area contributed by atoms with Gasteiger partial charge in [-0.15, -0.1) is 0 Å². The van der Waals surface area contributed by atoms with Gasteiger partial charge in [0, 0.05) is 33.8 Å². The van der Waals surface area contributed by atoms with Gasteiger partial charge in [-0.2, -0.15) is 0 Å². The summed E-state index contributed by atoms with van der Waals surface area (Å²) in [6, 6.07) is 5.90. The quantitative estimate of drug-likeness (QED) is 0.118.